The van der Waals surface area contributed by atoms with E-state index in [1.165, 1.54) is 12.3 Å². The first-order chi connectivity index (χ1) is 8.02. The molecule has 0 radical (unpaired) electrons. The molecule has 94 valence electrons. The third-order valence-electron chi connectivity index (χ3n) is 3.21. The monoisotopic (exact) mass is 245 g/mol. The van der Waals surface area contributed by atoms with Crippen molar-refractivity contribution in [2.75, 3.05) is 0 Å². The van der Waals surface area contributed by atoms with E-state index < -0.39 is 11.7 Å². The zero-order valence-electron chi connectivity index (χ0n) is 9.30. The Morgan fingerprint density at radius 3 is 2.53 bits per heavy atom. The van der Waals surface area contributed by atoms with E-state index >= 15 is 0 Å². The number of aromatic nitrogens is 1. The molecule has 1 aromatic rings. The van der Waals surface area contributed by atoms with Crippen molar-refractivity contribution in [2.45, 2.75) is 44.1 Å². The molecule has 0 bridgehead atoms. The Balaban J connectivity index is 2.13. The standard InChI is InChI=1S/C12H14F3NO/c13-10-5-8(7-17)6-16-11(10)9-1-3-12(14,15)4-2-9/h5-6,9,17H,1-4,7H2. The number of alkyl halides is 2. The van der Waals surface area contributed by atoms with E-state index in [0.29, 0.717) is 5.56 Å². The Labute approximate surface area is 97.5 Å². The largest absolute Gasteiger partial charge is 0.392 e. The summed E-state index contributed by atoms with van der Waals surface area (Å²) >= 11 is 0. The predicted octanol–water partition coefficient (Wildman–Crippen LogP) is 3.01. The molecule has 0 spiro atoms. The van der Waals surface area contributed by atoms with E-state index in [4.69, 9.17) is 5.11 Å². The number of aliphatic hydroxyl groups is 1. The molecule has 1 fully saturated rings. The second-order valence-electron chi connectivity index (χ2n) is 4.50. The highest BCUT2D eigenvalue weighted by molar-refractivity contribution is 5.19. The van der Waals surface area contributed by atoms with Gasteiger partial charge in [0.25, 0.3) is 0 Å². The molecule has 0 unspecified atom stereocenters. The maximum Gasteiger partial charge on any atom is 0.248 e. The van der Waals surface area contributed by atoms with Gasteiger partial charge in [-0.3, -0.25) is 4.98 Å². The molecule has 5 heteroatoms. The van der Waals surface area contributed by atoms with Crippen LogP contribution in [0, 0.1) is 5.82 Å². The van der Waals surface area contributed by atoms with Gasteiger partial charge in [0.15, 0.2) is 0 Å². The summed E-state index contributed by atoms with van der Waals surface area (Å²) in [5.41, 5.74) is 0.644. The van der Waals surface area contributed by atoms with Gasteiger partial charge in [-0.25, -0.2) is 13.2 Å². The van der Waals surface area contributed by atoms with Crippen LogP contribution in [0.15, 0.2) is 12.3 Å². The van der Waals surface area contributed by atoms with Crippen LogP contribution in [0.2, 0.25) is 0 Å². The number of pyridine rings is 1. The number of nitrogens with zero attached hydrogens (tertiary/aromatic N) is 1. The van der Waals surface area contributed by atoms with Gasteiger partial charge in [0.1, 0.15) is 5.82 Å². The normalized spacial score (nSPS) is 20.5. The molecule has 1 saturated carbocycles. The van der Waals surface area contributed by atoms with E-state index in [0.717, 1.165) is 0 Å². The second kappa shape index (κ2) is 4.64. The van der Waals surface area contributed by atoms with Gasteiger partial charge < -0.3 is 5.11 Å². The van der Waals surface area contributed by atoms with E-state index in [-0.39, 0.29) is 43.9 Å². The van der Waals surface area contributed by atoms with Gasteiger partial charge in [0.2, 0.25) is 5.92 Å². The number of aliphatic hydroxyl groups excluding tert-OH is 1. The number of rotatable bonds is 2. The Bertz CT molecular complexity index is 399. The molecule has 1 N–H and O–H groups in total. The first-order valence-corrected chi connectivity index (χ1v) is 5.65. The van der Waals surface area contributed by atoms with E-state index in [1.807, 2.05) is 0 Å². The molecule has 1 aliphatic carbocycles. The van der Waals surface area contributed by atoms with Crippen molar-refractivity contribution in [1.82, 2.24) is 4.98 Å². The maximum absolute atomic E-state index is 13.7. The van der Waals surface area contributed by atoms with Crippen molar-refractivity contribution in [3.05, 3.63) is 29.3 Å². The highest BCUT2D eigenvalue weighted by Crippen LogP contribution is 2.40. The van der Waals surface area contributed by atoms with Crippen LogP contribution in [0.1, 0.15) is 42.9 Å². The first kappa shape index (κ1) is 12.4. The van der Waals surface area contributed by atoms with Crippen molar-refractivity contribution >= 4 is 0 Å². The molecular weight excluding hydrogens is 231 g/mol. The van der Waals surface area contributed by atoms with Gasteiger partial charge in [-0.2, -0.15) is 0 Å². The first-order valence-electron chi connectivity index (χ1n) is 5.65. The molecule has 0 aromatic carbocycles. The molecule has 2 rings (SSSR count). The van der Waals surface area contributed by atoms with Gasteiger partial charge in [0, 0.05) is 25.0 Å². The molecule has 0 aliphatic heterocycles. The lowest BCUT2D eigenvalue weighted by atomic mass is 9.84. The number of halogens is 3. The number of hydrogen-bond donors (Lipinski definition) is 1. The highest BCUT2D eigenvalue weighted by atomic mass is 19.3. The predicted molar refractivity (Wildman–Crippen MR) is 56.3 cm³/mol. The second-order valence-corrected chi connectivity index (χ2v) is 4.50. The van der Waals surface area contributed by atoms with E-state index in [2.05, 4.69) is 4.98 Å². The zero-order chi connectivity index (χ0) is 12.5. The molecule has 1 heterocycles. The van der Waals surface area contributed by atoms with Gasteiger partial charge in [-0.05, 0) is 24.5 Å². The lowest BCUT2D eigenvalue weighted by Gasteiger charge is -2.28. The van der Waals surface area contributed by atoms with Gasteiger partial charge in [-0.15, -0.1) is 0 Å². The molecule has 2 nitrogen and oxygen atoms in total. The van der Waals surface area contributed by atoms with Crippen LogP contribution in [-0.4, -0.2) is 16.0 Å². The Hall–Kier alpha value is -1.10. The Morgan fingerprint density at radius 1 is 1.35 bits per heavy atom. The van der Waals surface area contributed by atoms with Crippen LogP contribution >= 0.6 is 0 Å². The molecule has 1 aliphatic rings. The minimum atomic E-state index is -2.61. The minimum Gasteiger partial charge on any atom is -0.392 e. The summed E-state index contributed by atoms with van der Waals surface area (Å²) < 4.78 is 39.6. The topological polar surface area (TPSA) is 33.1 Å². The van der Waals surface area contributed by atoms with Crippen LogP contribution in [0.4, 0.5) is 13.2 Å². The highest BCUT2D eigenvalue weighted by Gasteiger charge is 2.36. The zero-order valence-corrected chi connectivity index (χ0v) is 9.30. The maximum atomic E-state index is 13.7. The summed E-state index contributed by atoms with van der Waals surface area (Å²) in [6.07, 6.45) is 1.50. The smallest absolute Gasteiger partial charge is 0.248 e. The summed E-state index contributed by atoms with van der Waals surface area (Å²) in [6.45, 7) is -0.271. The lowest BCUT2D eigenvalue weighted by molar-refractivity contribution is -0.0387. The fourth-order valence-corrected chi connectivity index (χ4v) is 2.19. The molecule has 0 amide bonds. The van der Waals surface area contributed by atoms with Crippen LogP contribution in [0.5, 0.6) is 0 Å². The fraction of sp³-hybridized carbons (Fsp3) is 0.583. The lowest BCUT2D eigenvalue weighted by Crippen LogP contribution is -2.24. The molecule has 1 aromatic heterocycles. The SMILES string of the molecule is OCc1cnc(C2CCC(F)(F)CC2)c(F)c1. The van der Waals surface area contributed by atoms with E-state index in [1.54, 1.807) is 0 Å². The summed E-state index contributed by atoms with van der Waals surface area (Å²) in [5.74, 6) is -3.35. The van der Waals surface area contributed by atoms with Gasteiger partial charge in [-0.1, -0.05) is 0 Å². The number of hydrogen-bond acceptors (Lipinski definition) is 2. The third kappa shape index (κ3) is 2.77. The van der Waals surface area contributed by atoms with Crippen LogP contribution in [0.3, 0.4) is 0 Å². The Kier molecular flexibility index (Phi) is 3.38. The third-order valence-corrected chi connectivity index (χ3v) is 3.21. The van der Waals surface area contributed by atoms with Crippen LogP contribution < -0.4 is 0 Å². The summed E-state index contributed by atoms with van der Waals surface area (Å²) in [6, 6.07) is 1.22. The summed E-state index contributed by atoms with van der Waals surface area (Å²) in [4.78, 5) is 3.94. The van der Waals surface area contributed by atoms with Crippen molar-refractivity contribution in [1.29, 1.82) is 0 Å². The van der Waals surface area contributed by atoms with Crippen molar-refractivity contribution in [3.8, 4) is 0 Å². The molecule has 0 atom stereocenters. The van der Waals surface area contributed by atoms with Crippen molar-refractivity contribution in [3.63, 3.8) is 0 Å². The fourth-order valence-electron chi connectivity index (χ4n) is 2.19. The minimum absolute atomic E-state index is 0.208. The van der Waals surface area contributed by atoms with Crippen molar-refractivity contribution < 1.29 is 18.3 Å². The average Bonchev–Trinajstić information content (AvgIpc) is 2.29. The van der Waals surface area contributed by atoms with Gasteiger partial charge in [0.05, 0.1) is 12.3 Å². The molecule has 17 heavy (non-hydrogen) atoms. The average molecular weight is 245 g/mol. The van der Waals surface area contributed by atoms with E-state index in [9.17, 15) is 13.2 Å². The summed E-state index contributed by atoms with van der Waals surface area (Å²) in [7, 11) is 0. The quantitative estimate of drug-likeness (QED) is 0.868. The van der Waals surface area contributed by atoms with Crippen LogP contribution in [0.25, 0.3) is 0 Å². The summed E-state index contributed by atoms with van der Waals surface area (Å²) in [5, 5.41) is 8.83. The molecular formula is C12H14F3NO. The van der Waals surface area contributed by atoms with Crippen molar-refractivity contribution in [2.24, 2.45) is 0 Å². The van der Waals surface area contributed by atoms with Gasteiger partial charge >= 0.3 is 0 Å². The Morgan fingerprint density at radius 2 is 2.00 bits per heavy atom. The van der Waals surface area contributed by atoms with Crippen LogP contribution in [-0.2, 0) is 6.61 Å². The molecule has 0 saturated heterocycles.